The number of carbonyl (C=O) groups is 2. The third-order valence-corrected chi connectivity index (χ3v) is 7.66. The maximum Gasteiger partial charge on any atom is 0.291 e. The first-order chi connectivity index (χ1) is 19.8. The minimum absolute atomic E-state index is 0.0772. The number of hydrogen-bond acceptors (Lipinski definition) is 9. The van der Waals surface area contributed by atoms with Crippen molar-refractivity contribution in [1.29, 1.82) is 0 Å². The van der Waals surface area contributed by atoms with Crippen LogP contribution in [0.4, 0.5) is 0 Å². The van der Waals surface area contributed by atoms with E-state index in [1.54, 1.807) is 60.7 Å². The monoisotopic (exact) mass is 574 g/mol. The molecule has 1 unspecified atom stereocenters. The van der Waals surface area contributed by atoms with E-state index in [0.717, 1.165) is 4.68 Å². The minimum atomic E-state index is -0.698. The van der Waals surface area contributed by atoms with Gasteiger partial charge in [0.1, 0.15) is 16.9 Å². The van der Waals surface area contributed by atoms with Gasteiger partial charge in [-0.05, 0) is 59.7 Å². The van der Waals surface area contributed by atoms with Crippen LogP contribution in [0.15, 0.2) is 77.6 Å². The number of nitrogens with one attached hydrogen (secondary N) is 1. The molecule has 1 fully saturated rings. The summed E-state index contributed by atoms with van der Waals surface area (Å²) in [5.74, 6) is 0.468. The molecule has 11 nitrogen and oxygen atoms in total. The smallest absolute Gasteiger partial charge is 0.291 e. The molecule has 4 aromatic rings. The van der Waals surface area contributed by atoms with Crippen LogP contribution in [-0.4, -0.2) is 58.8 Å². The van der Waals surface area contributed by atoms with Gasteiger partial charge in [0.2, 0.25) is 0 Å². The van der Waals surface area contributed by atoms with Gasteiger partial charge in [-0.3, -0.25) is 19.8 Å². The van der Waals surface area contributed by atoms with Crippen LogP contribution in [-0.2, 0) is 4.79 Å². The number of hydrazine groups is 1. The van der Waals surface area contributed by atoms with Crippen LogP contribution in [0.25, 0.3) is 16.8 Å². The summed E-state index contributed by atoms with van der Waals surface area (Å²) in [5, 5.41) is 15.3. The Labute approximate surface area is 239 Å². The van der Waals surface area contributed by atoms with E-state index in [2.05, 4.69) is 10.5 Å². The fraction of sp³-hybridized carbons (Fsp3) is 0.172. The van der Waals surface area contributed by atoms with Crippen LogP contribution in [0.5, 0.6) is 23.0 Å². The van der Waals surface area contributed by atoms with Crippen molar-refractivity contribution in [2.75, 3.05) is 27.1 Å². The summed E-state index contributed by atoms with van der Waals surface area (Å²) in [6, 6.07) is 19.6. The molecule has 1 saturated heterocycles. The normalized spacial score (nSPS) is 14.6. The largest absolute Gasteiger partial charge is 0.504 e. The van der Waals surface area contributed by atoms with Gasteiger partial charge >= 0.3 is 0 Å². The van der Waals surface area contributed by atoms with Crippen LogP contribution in [0.3, 0.4) is 0 Å². The van der Waals surface area contributed by atoms with E-state index in [1.165, 1.54) is 50.2 Å². The highest BCUT2D eigenvalue weighted by atomic mass is 32.2. The zero-order valence-corrected chi connectivity index (χ0v) is 23.2. The molecule has 3 aromatic carbocycles. The molecule has 1 atom stereocenters. The molecule has 0 spiro atoms. The standard InChI is InChI=1S/C29H26N4O7S/c1-38-20-9-4-17(5-10-20)22-15-25(35)32(19-7-11-21(39-2)12-8-19)30-27(22)28(37)31-33-26(36)16-41-29(33)18-6-13-24(40-3)23(34)14-18/h4-15,29,34H,16H2,1-3H3,(H,31,37). The van der Waals surface area contributed by atoms with Gasteiger partial charge in [0.15, 0.2) is 17.2 Å². The molecule has 0 bridgehead atoms. The Morgan fingerprint density at radius 1 is 0.927 bits per heavy atom. The molecule has 41 heavy (non-hydrogen) atoms. The molecular weight excluding hydrogens is 548 g/mol. The topological polar surface area (TPSA) is 132 Å². The van der Waals surface area contributed by atoms with Crippen LogP contribution in [0.1, 0.15) is 21.4 Å². The highest BCUT2D eigenvalue weighted by molar-refractivity contribution is 8.00. The molecular formula is C29H26N4O7S. The van der Waals surface area contributed by atoms with Crippen LogP contribution in [0.2, 0.25) is 0 Å². The van der Waals surface area contributed by atoms with Crippen LogP contribution < -0.4 is 25.2 Å². The molecule has 5 rings (SSSR count). The molecule has 12 heteroatoms. The number of benzene rings is 3. The second-order valence-electron chi connectivity index (χ2n) is 8.88. The average Bonchev–Trinajstić information content (AvgIpc) is 3.36. The van der Waals surface area contributed by atoms with E-state index in [-0.39, 0.29) is 34.4 Å². The van der Waals surface area contributed by atoms with Gasteiger partial charge in [-0.1, -0.05) is 18.2 Å². The molecule has 1 aromatic heterocycles. The third kappa shape index (κ3) is 5.54. The Bertz CT molecular complexity index is 1660. The minimum Gasteiger partial charge on any atom is -0.504 e. The van der Waals surface area contributed by atoms with Crippen LogP contribution >= 0.6 is 11.8 Å². The Morgan fingerprint density at radius 2 is 1.59 bits per heavy atom. The van der Waals surface area contributed by atoms with E-state index in [0.29, 0.717) is 28.3 Å². The SMILES string of the molecule is COc1ccc(-c2cc(=O)n(-c3ccc(OC)cc3)nc2C(=O)NN2C(=O)CSC2c2ccc(OC)c(O)c2)cc1. The number of thioether (sulfide) groups is 1. The lowest BCUT2D eigenvalue weighted by atomic mass is 10.0. The fourth-order valence-corrected chi connectivity index (χ4v) is 5.44. The number of hydrogen-bond donors (Lipinski definition) is 2. The summed E-state index contributed by atoms with van der Waals surface area (Å²) in [6.45, 7) is 0. The summed E-state index contributed by atoms with van der Waals surface area (Å²) in [7, 11) is 4.51. The molecule has 0 saturated carbocycles. The van der Waals surface area contributed by atoms with Gasteiger partial charge in [-0.25, -0.2) is 5.01 Å². The van der Waals surface area contributed by atoms with Crippen molar-refractivity contribution >= 4 is 23.6 Å². The van der Waals surface area contributed by atoms with Gasteiger partial charge in [-0.2, -0.15) is 9.78 Å². The lowest BCUT2D eigenvalue weighted by molar-refractivity contribution is -0.130. The van der Waals surface area contributed by atoms with Crippen molar-refractivity contribution in [3.8, 4) is 39.8 Å². The van der Waals surface area contributed by atoms with E-state index in [1.807, 2.05) is 0 Å². The summed E-state index contributed by atoms with van der Waals surface area (Å²) < 4.78 is 16.7. The molecule has 2 heterocycles. The van der Waals surface area contributed by atoms with E-state index in [9.17, 15) is 19.5 Å². The van der Waals surface area contributed by atoms with E-state index in [4.69, 9.17) is 14.2 Å². The van der Waals surface area contributed by atoms with Crippen molar-refractivity contribution in [3.63, 3.8) is 0 Å². The van der Waals surface area contributed by atoms with Gasteiger partial charge in [0, 0.05) is 11.6 Å². The maximum atomic E-state index is 13.8. The highest BCUT2D eigenvalue weighted by Crippen LogP contribution is 2.40. The number of amides is 2. The summed E-state index contributed by atoms with van der Waals surface area (Å²) in [6.07, 6.45) is 0. The fourth-order valence-electron chi connectivity index (χ4n) is 4.34. The highest BCUT2D eigenvalue weighted by Gasteiger charge is 2.36. The summed E-state index contributed by atoms with van der Waals surface area (Å²) in [4.78, 5) is 39.9. The first kappa shape index (κ1) is 27.6. The zero-order chi connectivity index (χ0) is 29.1. The number of phenolic OH excluding ortho intramolecular Hbond substituents is 1. The first-order valence-corrected chi connectivity index (χ1v) is 13.4. The summed E-state index contributed by atoms with van der Waals surface area (Å²) in [5.41, 5.74) is 3.98. The zero-order valence-electron chi connectivity index (χ0n) is 22.4. The van der Waals surface area contributed by atoms with Crippen molar-refractivity contribution in [3.05, 3.63) is 94.4 Å². The van der Waals surface area contributed by atoms with Gasteiger partial charge in [0.05, 0.1) is 32.8 Å². The van der Waals surface area contributed by atoms with Crippen molar-refractivity contribution in [1.82, 2.24) is 20.2 Å². The van der Waals surface area contributed by atoms with Crippen molar-refractivity contribution < 1.29 is 28.9 Å². The summed E-state index contributed by atoms with van der Waals surface area (Å²) >= 11 is 1.29. The Kier molecular flexibility index (Phi) is 7.83. The lowest BCUT2D eigenvalue weighted by Crippen LogP contribution is -2.45. The molecule has 1 aliphatic rings. The maximum absolute atomic E-state index is 13.8. The van der Waals surface area contributed by atoms with Crippen molar-refractivity contribution in [2.24, 2.45) is 0 Å². The molecule has 210 valence electrons. The second kappa shape index (κ2) is 11.6. The number of methoxy groups -OCH3 is 3. The Balaban J connectivity index is 1.55. The number of rotatable bonds is 8. The second-order valence-corrected chi connectivity index (χ2v) is 9.95. The molecule has 0 radical (unpaired) electrons. The third-order valence-electron chi connectivity index (χ3n) is 6.44. The van der Waals surface area contributed by atoms with E-state index >= 15 is 0 Å². The number of nitrogens with zero attached hydrogens (tertiary/aromatic N) is 3. The quantitative estimate of drug-likeness (QED) is 0.324. The first-order valence-electron chi connectivity index (χ1n) is 12.4. The molecule has 0 aliphatic carbocycles. The molecule has 2 N–H and O–H groups in total. The van der Waals surface area contributed by atoms with Gasteiger partial charge in [-0.15, -0.1) is 11.8 Å². The number of ether oxygens (including phenoxy) is 3. The van der Waals surface area contributed by atoms with E-state index < -0.39 is 16.8 Å². The average molecular weight is 575 g/mol. The number of carbonyl (C=O) groups excluding carboxylic acids is 2. The number of aromatic nitrogens is 2. The number of aromatic hydroxyl groups is 1. The van der Waals surface area contributed by atoms with Crippen molar-refractivity contribution in [2.45, 2.75) is 5.37 Å². The molecule has 2 amide bonds. The van der Waals surface area contributed by atoms with Gasteiger partial charge in [0.25, 0.3) is 17.4 Å². The Hall–Kier alpha value is -4.97. The predicted molar refractivity (Wildman–Crippen MR) is 153 cm³/mol. The predicted octanol–water partition coefficient (Wildman–Crippen LogP) is 3.55. The lowest BCUT2D eigenvalue weighted by Gasteiger charge is -2.25. The number of phenols is 1. The Morgan fingerprint density at radius 3 is 2.20 bits per heavy atom. The van der Waals surface area contributed by atoms with Crippen LogP contribution in [0, 0.1) is 0 Å². The van der Waals surface area contributed by atoms with Gasteiger partial charge < -0.3 is 19.3 Å². The molecule has 1 aliphatic heterocycles.